The number of amides is 1. The average Bonchev–Trinajstić information content (AvgIpc) is 2.56. The molecule has 0 unspecified atom stereocenters. The lowest BCUT2D eigenvalue weighted by atomic mass is 10.2. The molecule has 0 spiro atoms. The summed E-state index contributed by atoms with van der Waals surface area (Å²) in [5.41, 5.74) is 1.60. The standard InChI is InChI=1S/C14H21N3O4S/c18-14(15-19)7-4-8-16-9-11-17(12-10-16)22(20,21)13-5-2-1-3-6-13/h1-3,5-6,19H,4,7-12H2,(H,15,18). The highest BCUT2D eigenvalue weighted by atomic mass is 32.2. The van der Waals surface area contributed by atoms with Gasteiger partial charge in [0.15, 0.2) is 0 Å². The van der Waals surface area contributed by atoms with Crippen LogP contribution in [0.4, 0.5) is 0 Å². The van der Waals surface area contributed by atoms with Gasteiger partial charge in [-0.1, -0.05) is 18.2 Å². The summed E-state index contributed by atoms with van der Waals surface area (Å²) in [4.78, 5) is 13.4. The number of sulfonamides is 1. The molecule has 0 radical (unpaired) electrons. The Morgan fingerprint density at radius 1 is 1.14 bits per heavy atom. The molecule has 0 bridgehead atoms. The topological polar surface area (TPSA) is 90.0 Å². The first kappa shape index (κ1) is 16.9. The summed E-state index contributed by atoms with van der Waals surface area (Å²) in [6, 6.07) is 8.44. The molecule has 0 aliphatic carbocycles. The number of nitrogens with zero attached hydrogens (tertiary/aromatic N) is 2. The highest BCUT2D eigenvalue weighted by Crippen LogP contribution is 2.17. The van der Waals surface area contributed by atoms with Gasteiger partial charge in [0.1, 0.15) is 0 Å². The lowest BCUT2D eigenvalue weighted by molar-refractivity contribution is -0.129. The fourth-order valence-electron chi connectivity index (χ4n) is 2.45. The molecule has 1 saturated heterocycles. The SMILES string of the molecule is O=C(CCCN1CCN(S(=O)(=O)c2ccccc2)CC1)NO. The molecule has 1 fully saturated rings. The van der Waals surface area contributed by atoms with Crippen molar-refractivity contribution in [3.63, 3.8) is 0 Å². The predicted molar refractivity (Wildman–Crippen MR) is 80.8 cm³/mol. The molecule has 7 nitrogen and oxygen atoms in total. The average molecular weight is 327 g/mol. The van der Waals surface area contributed by atoms with Crippen LogP contribution in [0, 0.1) is 0 Å². The fourth-order valence-corrected chi connectivity index (χ4v) is 3.90. The normalized spacial score (nSPS) is 17.3. The fraction of sp³-hybridized carbons (Fsp3) is 0.500. The summed E-state index contributed by atoms with van der Waals surface area (Å²) in [5.74, 6) is -0.398. The summed E-state index contributed by atoms with van der Waals surface area (Å²) in [7, 11) is -3.41. The number of piperazine rings is 1. The number of hydroxylamine groups is 1. The predicted octanol–water partition coefficient (Wildman–Crippen LogP) is 0.279. The van der Waals surface area contributed by atoms with E-state index < -0.39 is 15.9 Å². The molecule has 0 atom stereocenters. The van der Waals surface area contributed by atoms with E-state index in [0.717, 1.165) is 0 Å². The van der Waals surface area contributed by atoms with E-state index in [1.165, 1.54) is 4.31 Å². The minimum Gasteiger partial charge on any atom is -0.301 e. The molecule has 1 aliphatic rings. The van der Waals surface area contributed by atoms with E-state index in [1.807, 2.05) is 0 Å². The van der Waals surface area contributed by atoms with Crippen LogP contribution in [0.3, 0.4) is 0 Å². The molecular weight excluding hydrogens is 306 g/mol. The summed E-state index contributed by atoms with van der Waals surface area (Å²) in [5, 5.41) is 8.42. The third-order valence-corrected chi connectivity index (χ3v) is 5.63. The third-order valence-electron chi connectivity index (χ3n) is 3.72. The van der Waals surface area contributed by atoms with Gasteiger partial charge in [-0.05, 0) is 25.1 Å². The maximum Gasteiger partial charge on any atom is 0.243 e. The largest absolute Gasteiger partial charge is 0.301 e. The summed E-state index contributed by atoms with van der Waals surface area (Å²) in [6.45, 7) is 2.90. The molecular formula is C14H21N3O4S. The van der Waals surface area contributed by atoms with E-state index in [4.69, 9.17) is 5.21 Å². The molecule has 1 aliphatic heterocycles. The van der Waals surface area contributed by atoms with Crippen LogP contribution in [-0.4, -0.2) is 61.5 Å². The second-order valence-corrected chi connectivity index (χ2v) is 7.14. The zero-order valence-electron chi connectivity index (χ0n) is 12.3. The first-order chi connectivity index (χ1) is 10.5. The Morgan fingerprint density at radius 3 is 2.36 bits per heavy atom. The Balaban J connectivity index is 1.83. The van der Waals surface area contributed by atoms with Crippen molar-refractivity contribution in [3.8, 4) is 0 Å². The number of rotatable bonds is 6. The molecule has 8 heteroatoms. The van der Waals surface area contributed by atoms with Crippen LogP contribution in [-0.2, 0) is 14.8 Å². The number of hydrogen-bond donors (Lipinski definition) is 2. The third kappa shape index (κ3) is 4.26. The van der Waals surface area contributed by atoms with Gasteiger partial charge in [0.25, 0.3) is 0 Å². The van der Waals surface area contributed by atoms with Crippen molar-refractivity contribution in [3.05, 3.63) is 30.3 Å². The van der Waals surface area contributed by atoms with Gasteiger partial charge in [0.05, 0.1) is 4.90 Å². The Hall–Kier alpha value is -1.48. The number of hydrogen-bond acceptors (Lipinski definition) is 5. The van der Waals surface area contributed by atoms with E-state index in [1.54, 1.807) is 35.8 Å². The Kier molecular flexibility index (Phi) is 5.90. The second-order valence-electron chi connectivity index (χ2n) is 5.20. The molecule has 122 valence electrons. The number of benzene rings is 1. The van der Waals surface area contributed by atoms with E-state index in [-0.39, 0.29) is 6.42 Å². The van der Waals surface area contributed by atoms with Crippen molar-refractivity contribution in [2.24, 2.45) is 0 Å². The van der Waals surface area contributed by atoms with Crippen molar-refractivity contribution in [1.29, 1.82) is 0 Å². The number of carbonyl (C=O) groups excluding carboxylic acids is 1. The number of nitrogens with one attached hydrogen (secondary N) is 1. The Bertz CT molecular complexity index is 583. The van der Waals surface area contributed by atoms with Crippen LogP contribution < -0.4 is 5.48 Å². The van der Waals surface area contributed by atoms with Gasteiger partial charge in [0, 0.05) is 32.6 Å². The van der Waals surface area contributed by atoms with Gasteiger partial charge in [0.2, 0.25) is 15.9 Å². The minimum absolute atomic E-state index is 0.263. The Morgan fingerprint density at radius 2 is 1.77 bits per heavy atom. The summed E-state index contributed by atoms with van der Waals surface area (Å²) < 4.78 is 26.4. The monoisotopic (exact) mass is 327 g/mol. The smallest absolute Gasteiger partial charge is 0.243 e. The van der Waals surface area contributed by atoms with Gasteiger partial charge >= 0.3 is 0 Å². The summed E-state index contributed by atoms with van der Waals surface area (Å²) >= 11 is 0. The molecule has 0 saturated carbocycles. The summed E-state index contributed by atoms with van der Waals surface area (Å²) in [6.07, 6.45) is 0.900. The van der Waals surface area contributed by atoms with E-state index >= 15 is 0 Å². The Labute approximate surface area is 130 Å². The van der Waals surface area contributed by atoms with Gasteiger partial charge < -0.3 is 4.90 Å². The van der Waals surface area contributed by atoms with Crippen LogP contribution in [0.15, 0.2) is 35.2 Å². The first-order valence-corrected chi connectivity index (χ1v) is 8.68. The highest BCUT2D eigenvalue weighted by Gasteiger charge is 2.27. The molecule has 22 heavy (non-hydrogen) atoms. The van der Waals surface area contributed by atoms with E-state index in [0.29, 0.717) is 44.0 Å². The second kappa shape index (κ2) is 7.68. The van der Waals surface area contributed by atoms with Crippen molar-refractivity contribution in [1.82, 2.24) is 14.7 Å². The van der Waals surface area contributed by atoms with Gasteiger partial charge in [-0.25, -0.2) is 13.9 Å². The van der Waals surface area contributed by atoms with Gasteiger partial charge in [-0.15, -0.1) is 0 Å². The van der Waals surface area contributed by atoms with Crippen molar-refractivity contribution >= 4 is 15.9 Å². The molecule has 1 amide bonds. The zero-order chi connectivity index (χ0) is 16.0. The minimum atomic E-state index is -3.41. The quantitative estimate of drug-likeness (QED) is 0.578. The van der Waals surface area contributed by atoms with Crippen LogP contribution in [0.25, 0.3) is 0 Å². The van der Waals surface area contributed by atoms with Gasteiger partial charge in [-0.2, -0.15) is 4.31 Å². The van der Waals surface area contributed by atoms with Crippen molar-refractivity contribution < 1.29 is 18.4 Å². The molecule has 2 rings (SSSR count). The molecule has 2 N–H and O–H groups in total. The molecule has 1 heterocycles. The molecule has 1 aromatic carbocycles. The zero-order valence-corrected chi connectivity index (χ0v) is 13.1. The lowest BCUT2D eigenvalue weighted by Gasteiger charge is -2.33. The van der Waals surface area contributed by atoms with Crippen LogP contribution in [0.1, 0.15) is 12.8 Å². The molecule has 0 aromatic heterocycles. The first-order valence-electron chi connectivity index (χ1n) is 7.24. The highest BCUT2D eigenvalue weighted by molar-refractivity contribution is 7.89. The van der Waals surface area contributed by atoms with Crippen LogP contribution in [0.2, 0.25) is 0 Å². The van der Waals surface area contributed by atoms with Crippen molar-refractivity contribution in [2.75, 3.05) is 32.7 Å². The molecule has 1 aromatic rings. The maximum absolute atomic E-state index is 12.5. The lowest BCUT2D eigenvalue weighted by Crippen LogP contribution is -2.48. The van der Waals surface area contributed by atoms with Crippen LogP contribution >= 0.6 is 0 Å². The van der Waals surface area contributed by atoms with E-state index in [2.05, 4.69) is 4.90 Å². The van der Waals surface area contributed by atoms with Gasteiger partial charge in [-0.3, -0.25) is 10.0 Å². The number of carbonyl (C=O) groups is 1. The maximum atomic E-state index is 12.5. The van der Waals surface area contributed by atoms with E-state index in [9.17, 15) is 13.2 Å². The van der Waals surface area contributed by atoms with Crippen LogP contribution in [0.5, 0.6) is 0 Å². The van der Waals surface area contributed by atoms with Crippen molar-refractivity contribution in [2.45, 2.75) is 17.7 Å².